The van der Waals surface area contributed by atoms with Crippen LogP contribution in [0.1, 0.15) is 87.8 Å². The predicted octanol–water partition coefficient (Wildman–Crippen LogP) is 3.25. The minimum absolute atomic E-state index is 0.0452. The van der Waals surface area contributed by atoms with E-state index in [1.807, 2.05) is 60.6 Å². The molecule has 2 heterocycles. The van der Waals surface area contributed by atoms with E-state index in [4.69, 9.17) is 5.73 Å². The molecule has 11 nitrogen and oxygen atoms in total. The maximum Gasteiger partial charge on any atom is 0.293 e. The van der Waals surface area contributed by atoms with Crippen LogP contribution in [0.15, 0.2) is 21.9 Å². The van der Waals surface area contributed by atoms with E-state index in [0.29, 0.717) is 12.1 Å². The third-order valence-corrected chi connectivity index (χ3v) is 5.29. The fourth-order valence-electron chi connectivity index (χ4n) is 3.54. The number of nitrogens with one attached hydrogen (secondary N) is 1. The van der Waals surface area contributed by atoms with E-state index < -0.39 is 5.91 Å². The predicted molar refractivity (Wildman–Crippen MR) is 128 cm³/mol. The molecule has 11 heteroatoms. The van der Waals surface area contributed by atoms with Gasteiger partial charge in [-0.3, -0.25) is 4.79 Å². The van der Waals surface area contributed by atoms with Crippen molar-refractivity contribution >= 4 is 17.9 Å². The number of aromatic hydroxyl groups is 1. The Morgan fingerprint density at radius 3 is 2.29 bits per heavy atom. The van der Waals surface area contributed by atoms with E-state index in [1.54, 1.807) is 6.21 Å². The number of hydrogen-bond acceptors (Lipinski definition) is 9. The third kappa shape index (κ3) is 5.08. The maximum atomic E-state index is 12.8. The van der Waals surface area contributed by atoms with Crippen LogP contribution < -0.4 is 11.2 Å². The first-order valence-corrected chi connectivity index (χ1v) is 11.1. The Morgan fingerprint density at radius 1 is 1.18 bits per heavy atom. The SMILES string of the molecule is CCCc1c(C(=O)N/N=C/c2cc(C(C)(C)C)c(O)c(C(C)(C)C)c2)nnn1-c1nonc1N. The number of carbonyl (C=O) groups excluding carboxylic acids is 1. The molecular weight excluding hydrogens is 436 g/mol. The van der Waals surface area contributed by atoms with Crippen molar-refractivity contribution in [3.8, 4) is 11.6 Å². The van der Waals surface area contributed by atoms with Gasteiger partial charge >= 0.3 is 0 Å². The summed E-state index contributed by atoms with van der Waals surface area (Å²) in [6.07, 6.45) is 2.79. The molecule has 0 bridgehead atoms. The average Bonchev–Trinajstić information content (AvgIpc) is 3.33. The van der Waals surface area contributed by atoms with Crippen LogP contribution in [0.5, 0.6) is 5.75 Å². The van der Waals surface area contributed by atoms with Gasteiger partial charge < -0.3 is 10.8 Å². The second kappa shape index (κ2) is 9.24. The zero-order valence-electron chi connectivity index (χ0n) is 20.7. The number of rotatable bonds is 6. The van der Waals surface area contributed by atoms with Gasteiger partial charge in [-0.15, -0.1) is 5.10 Å². The Morgan fingerprint density at radius 2 is 1.79 bits per heavy atom. The van der Waals surface area contributed by atoms with Crippen LogP contribution in [-0.4, -0.2) is 42.5 Å². The second-order valence-electron chi connectivity index (χ2n) is 10.2. The van der Waals surface area contributed by atoms with Gasteiger partial charge in [0.25, 0.3) is 5.91 Å². The summed E-state index contributed by atoms with van der Waals surface area (Å²) in [6, 6.07) is 3.75. The number of nitrogen functional groups attached to an aromatic ring is 1. The van der Waals surface area contributed by atoms with E-state index in [2.05, 4.69) is 35.8 Å². The lowest BCUT2D eigenvalue weighted by Gasteiger charge is -2.27. The molecule has 0 saturated heterocycles. The van der Waals surface area contributed by atoms with Crippen LogP contribution >= 0.6 is 0 Å². The number of nitrogens with zero attached hydrogens (tertiary/aromatic N) is 6. The summed E-state index contributed by atoms with van der Waals surface area (Å²) in [5, 5.41) is 30.3. The summed E-state index contributed by atoms with van der Waals surface area (Å²) in [4.78, 5) is 12.8. The Kier molecular flexibility index (Phi) is 6.76. The number of phenols is 1. The number of nitrogens with two attached hydrogens (primary N) is 1. The first kappa shape index (κ1) is 24.9. The van der Waals surface area contributed by atoms with E-state index in [9.17, 15) is 9.90 Å². The minimum atomic E-state index is -0.521. The first-order chi connectivity index (χ1) is 15.8. The number of phenolic OH excluding ortho intramolecular Hbond substituents is 1. The van der Waals surface area contributed by atoms with Crippen molar-refractivity contribution in [1.29, 1.82) is 0 Å². The molecule has 0 saturated carbocycles. The lowest BCUT2D eigenvalue weighted by atomic mass is 9.78. The highest BCUT2D eigenvalue weighted by Crippen LogP contribution is 2.39. The summed E-state index contributed by atoms with van der Waals surface area (Å²) in [5.41, 5.74) is 10.7. The van der Waals surface area contributed by atoms with Gasteiger partial charge in [-0.25, -0.2) is 10.1 Å². The highest BCUT2D eigenvalue weighted by molar-refractivity contribution is 5.94. The van der Waals surface area contributed by atoms with Gasteiger partial charge in [0.2, 0.25) is 11.6 Å². The van der Waals surface area contributed by atoms with Gasteiger partial charge in [0, 0.05) is 11.1 Å². The molecule has 3 rings (SSSR count). The average molecular weight is 469 g/mol. The molecule has 0 spiro atoms. The van der Waals surface area contributed by atoms with E-state index in [1.165, 1.54) is 4.68 Å². The lowest BCUT2D eigenvalue weighted by Crippen LogP contribution is -2.21. The minimum Gasteiger partial charge on any atom is -0.507 e. The summed E-state index contributed by atoms with van der Waals surface area (Å²) >= 11 is 0. The number of hydrazone groups is 1. The number of amides is 1. The Balaban J connectivity index is 1.90. The van der Waals surface area contributed by atoms with Gasteiger partial charge in [0.05, 0.1) is 11.9 Å². The molecule has 0 radical (unpaired) electrons. The molecule has 0 aliphatic carbocycles. The molecule has 0 atom stereocenters. The highest BCUT2D eigenvalue weighted by Gasteiger charge is 2.26. The van der Waals surface area contributed by atoms with Gasteiger partial charge in [-0.05, 0) is 45.3 Å². The van der Waals surface area contributed by atoms with Gasteiger partial charge in [0.1, 0.15) is 5.75 Å². The van der Waals surface area contributed by atoms with E-state index in [0.717, 1.165) is 23.1 Å². The van der Waals surface area contributed by atoms with Crippen molar-refractivity contribution in [2.45, 2.75) is 72.1 Å². The fourth-order valence-corrected chi connectivity index (χ4v) is 3.54. The summed E-state index contributed by atoms with van der Waals surface area (Å²) < 4.78 is 5.98. The van der Waals surface area contributed by atoms with Crippen molar-refractivity contribution in [2.75, 3.05) is 5.73 Å². The molecule has 2 aromatic heterocycles. The quantitative estimate of drug-likeness (QED) is 0.367. The van der Waals surface area contributed by atoms with Gasteiger partial charge in [0.15, 0.2) is 5.69 Å². The van der Waals surface area contributed by atoms with Crippen molar-refractivity contribution in [1.82, 2.24) is 30.7 Å². The molecule has 1 aromatic carbocycles. The molecule has 3 aromatic rings. The normalized spacial score (nSPS) is 12.4. The molecule has 34 heavy (non-hydrogen) atoms. The number of carbonyl (C=O) groups is 1. The van der Waals surface area contributed by atoms with Gasteiger partial charge in [-0.2, -0.15) is 9.78 Å². The van der Waals surface area contributed by atoms with E-state index in [-0.39, 0.29) is 33.9 Å². The number of anilines is 1. The van der Waals surface area contributed by atoms with Crippen molar-refractivity contribution < 1.29 is 14.5 Å². The lowest BCUT2D eigenvalue weighted by molar-refractivity contribution is 0.0949. The number of benzene rings is 1. The smallest absolute Gasteiger partial charge is 0.293 e. The van der Waals surface area contributed by atoms with Crippen LogP contribution in [0.2, 0.25) is 0 Å². The molecule has 4 N–H and O–H groups in total. The molecule has 182 valence electrons. The van der Waals surface area contributed by atoms with Crippen molar-refractivity contribution in [2.24, 2.45) is 5.10 Å². The topological polar surface area (TPSA) is 157 Å². The zero-order chi connectivity index (χ0) is 25.3. The maximum absolute atomic E-state index is 12.8. The van der Waals surface area contributed by atoms with Crippen LogP contribution in [-0.2, 0) is 17.3 Å². The first-order valence-electron chi connectivity index (χ1n) is 11.1. The summed E-state index contributed by atoms with van der Waals surface area (Å²) in [5.74, 6) is -0.0219. The molecule has 1 amide bonds. The highest BCUT2D eigenvalue weighted by atomic mass is 16.6. The monoisotopic (exact) mass is 468 g/mol. The van der Waals surface area contributed by atoms with Gasteiger partial charge in [-0.1, -0.05) is 60.1 Å². The molecule has 0 unspecified atom stereocenters. The van der Waals surface area contributed by atoms with Crippen LogP contribution in [0, 0.1) is 0 Å². The summed E-state index contributed by atoms with van der Waals surface area (Å²) in [7, 11) is 0. The Labute approximate surface area is 198 Å². The van der Waals surface area contributed by atoms with E-state index >= 15 is 0 Å². The Bertz CT molecular complexity index is 1180. The standard InChI is InChI=1S/C23H32N8O3/c1-8-9-16-17(26-30-31(16)20-19(24)28-34-29-20)21(33)27-25-12-13-10-14(22(2,3)4)18(32)15(11-13)23(5,6)7/h10-12,32H,8-9H2,1-7H3,(H2,24,28)(H,27,33)/b25-12+. The zero-order valence-corrected chi connectivity index (χ0v) is 20.7. The number of hydrogen-bond donors (Lipinski definition) is 3. The van der Waals surface area contributed by atoms with Crippen molar-refractivity contribution in [3.63, 3.8) is 0 Å². The number of aromatic nitrogens is 5. The molecule has 0 aliphatic rings. The fraction of sp³-hybridized carbons (Fsp3) is 0.478. The third-order valence-electron chi connectivity index (χ3n) is 5.29. The molecular formula is C23H32N8O3. The largest absolute Gasteiger partial charge is 0.507 e. The summed E-state index contributed by atoms with van der Waals surface area (Å²) in [6.45, 7) is 14.2. The van der Waals surface area contributed by atoms with Crippen LogP contribution in [0.25, 0.3) is 5.82 Å². The molecule has 0 fully saturated rings. The van der Waals surface area contributed by atoms with Crippen LogP contribution in [0.4, 0.5) is 5.82 Å². The molecule has 0 aliphatic heterocycles. The Hall–Kier alpha value is -3.76. The van der Waals surface area contributed by atoms with Crippen LogP contribution in [0.3, 0.4) is 0 Å². The van der Waals surface area contributed by atoms with Crippen molar-refractivity contribution in [3.05, 3.63) is 40.2 Å². The second-order valence-corrected chi connectivity index (χ2v) is 10.2.